The van der Waals surface area contributed by atoms with Crippen molar-refractivity contribution in [3.05, 3.63) is 42.4 Å². The van der Waals surface area contributed by atoms with Gasteiger partial charge in [0.1, 0.15) is 11.6 Å². The molecule has 1 fully saturated rings. The van der Waals surface area contributed by atoms with Gasteiger partial charge in [-0.05, 0) is 48.9 Å². The predicted octanol–water partition coefficient (Wildman–Crippen LogP) is 2.30. The molecule has 8 heteroatoms. The molecule has 29 heavy (non-hydrogen) atoms. The van der Waals surface area contributed by atoms with Crippen molar-refractivity contribution in [1.82, 2.24) is 15.0 Å². The van der Waals surface area contributed by atoms with Crippen molar-refractivity contribution < 1.29 is 9.90 Å². The maximum absolute atomic E-state index is 12.2. The molecule has 0 radical (unpaired) electrons. The Hall–Kier alpha value is -3.57. The zero-order valence-electron chi connectivity index (χ0n) is 15.8. The van der Waals surface area contributed by atoms with Crippen LogP contribution >= 0.6 is 0 Å². The van der Waals surface area contributed by atoms with Crippen LogP contribution in [0.15, 0.2) is 36.8 Å². The highest BCUT2D eigenvalue weighted by atomic mass is 16.3. The van der Waals surface area contributed by atoms with Crippen molar-refractivity contribution in [2.75, 3.05) is 11.1 Å². The first-order valence-corrected chi connectivity index (χ1v) is 9.34. The molecule has 1 aliphatic rings. The number of nitriles is 1. The number of nitrogens with two attached hydrogens (primary N) is 1. The van der Waals surface area contributed by atoms with Gasteiger partial charge in [0, 0.05) is 29.5 Å². The van der Waals surface area contributed by atoms with Crippen LogP contribution in [0.25, 0.3) is 22.0 Å². The molecule has 3 heterocycles. The molecule has 146 valence electrons. The third kappa shape index (κ3) is 3.86. The predicted molar refractivity (Wildman–Crippen MR) is 108 cm³/mol. The fourth-order valence-electron chi connectivity index (χ4n) is 3.38. The number of nitrogen functional groups attached to an aromatic ring is 1. The lowest BCUT2D eigenvalue weighted by Gasteiger charge is -2.12. The summed E-state index contributed by atoms with van der Waals surface area (Å²) < 4.78 is 0. The van der Waals surface area contributed by atoms with E-state index in [9.17, 15) is 9.90 Å². The Labute approximate surface area is 167 Å². The highest BCUT2D eigenvalue weighted by Crippen LogP contribution is 2.38. The number of fused-ring (bicyclic) bond motifs is 1. The van der Waals surface area contributed by atoms with E-state index in [1.807, 2.05) is 12.1 Å². The number of rotatable bonds is 5. The van der Waals surface area contributed by atoms with Gasteiger partial charge in [0.2, 0.25) is 5.91 Å². The number of hydrogen-bond acceptors (Lipinski definition) is 7. The molecule has 1 saturated carbocycles. The smallest absolute Gasteiger partial charge is 0.230 e. The monoisotopic (exact) mass is 388 g/mol. The fourth-order valence-corrected chi connectivity index (χ4v) is 3.38. The highest BCUT2D eigenvalue weighted by molar-refractivity contribution is 5.98. The van der Waals surface area contributed by atoms with Crippen molar-refractivity contribution in [3.8, 4) is 17.3 Å². The lowest BCUT2D eigenvalue weighted by Crippen LogP contribution is -2.15. The highest BCUT2D eigenvalue weighted by Gasteiger charge is 2.43. The van der Waals surface area contributed by atoms with Gasteiger partial charge < -0.3 is 16.2 Å². The van der Waals surface area contributed by atoms with Crippen LogP contribution in [0.5, 0.6) is 0 Å². The summed E-state index contributed by atoms with van der Waals surface area (Å²) in [5.74, 6) is 0.0467. The Kier molecular flexibility index (Phi) is 4.82. The van der Waals surface area contributed by atoms with Crippen LogP contribution in [-0.2, 0) is 11.2 Å². The average molecular weight is 388 g/mol. The third-order valence-electron chi connectivity index (χ3n) is 4.99. The summed E-state index contributed by atoms with van der Waals surface area (Å²) >= 11 is 0. The van der Waals surface area contributed by atoms with E-state index in [1.165, 1.54) is 0 Å². The first-order valence-electron chi connectivity index (χ1n) is 9.34. The first kappa shape index (κ1) is 18.8. The number of pyridine rings is 3. The molecule has 3 aromatic rings. The summed E-state index contributed by atoms with van der Waals surface area (Å²) in [6.07, 6.45) is 5.51. The van der Waals surface area contributed by atoms with Crippen molar-refractivity contribution in [2.24, 2.45) is 11.8 Å². The van der Waals surface area contributed by atoms with Crippen molar-refractivity contribution in [3.63, 3.8) is 0 Å². The first-order chi connectivity index (χ1) is 14.0. The molecule has 4 rings (SSSR count). The molecule has 1 aliphatic carbocycles. The van der Waals surface area contributed by atoms with E-state index in [1.54, 1.807) is 31.6 Å². The molecule has 0 aliphatic heterocycles. The van der Waals surface area contributed by atoms with Gasteiger partial charge >= 0.3 is 0 Å². The second-order valence-corrected chi connectivity index (χ2v) is 7.34. The number of nitrogens with zero attached hydrogens (tertiary/aromatic N) is 4. The standard InChI is InChI=1S/C21H20N6O2/c1-11(28)4-12-2-3-24-9-16(12)18-6-13-7-19(25-10-17(13)20(23)26-18)27-21(29)15-5-14(15)8-22/h2-3,6-7,9-11,14-15,28H,4-5H2,1H3,(H2,23,26)(H,25,27,29)/t11?,14-,15+/m0/s1. The summed E-state index contributed by atoms with van der Waals surface area (Å²) in [4.78, 5) is 25.1. The number of aliphatic hydroxyl groups excluding tert-OH is 1. The van der Waals surface area contributed by atoms with Crippen LogP contribution in [0.3, 0.4) is 0 Å². The summed E-state index contributed by atoms with van der Waals surface area (Å²) in [5, 5.41) is 22.9. The molecular formula is C21H20N6O2. The van der Waals surface area contributed by atoms with E-state index in [2.05, 4.69) is 26.3 Å². The second-order valence-electron chi connectivity index (χ2n) is 7.34. The number of aliphatic hydroxyl groups is 1. The number of anilines is 2. The van der Waals surface area contributed by atoms with Gasteiger partial charge in [-0.1, -0.05) is 0 Å². The van der Waals surface area contributed by atoms with Crippen molar-refractivity contribution in [2.45, 2.75) is 25.9 Å². The fraction of sp³-hybridized carbons (Fsp3) is 0.286. The minimum Gasteiger partial charge on any atom is -0.393 e. The number of amides is 1. The molecule has 3 atom stereocenters. The molecule has 4 N–H and O–H groups in total. The number of nitrogens with one attached hydrogen (secondary N) is 1. The maximum atomic E-state index is 12.2. The van der Waals surface area contributed by atoms with E-state index in [0.717, 1.165) is 16.5 Å². The second kappa shape index (κ2) is 7.45. The lowest BCUT2D eigenvalue weighted by atomic mass is 10.0. The SMILES string of the molecule is CC(O)Cc1ccncc1-c1cc2cc(NC(=O)[C@@H]3C[C@H]3C#N)ncc2c(N)n1. The minimum absolute atomic E-state index is 0.197. The lowest BCUT2D eigenvalue weighted by molar-refractivity contribution is -0.117. The van der Waals surface area contributed by atoms with Gasteiger partial charge in [-0.25, -0.2) is 9.97 Å². The Morgan fingerprint density at radius 1 is 1.45 bits per heavy atom. The average Bonchev–Trinajstić information content (AvgIpc) is 3.48. The maximum Gasteiger partial charge on any atom is 0.230 e. The molecule has 0 bridgehead atoms. The van der Waals surface area contributed by atoms with E-state index < -0.39 is 6.10 Å². The quantitative estimate of drug-likeness (QED) is 0.609. The number of carbonyl (C=O) groups is 1. The van der Waals surface area contributed by atoms with Gasteiger partial charge in [-0.15, -0.1) is 0 Å². The molecular weight excluding hydrogens is 368 g/mol. The van der Waals surface area contributed by atoms with E-state index in [0.29, 0.717) is 35.6 Å². The topological polar surface area (TPSA) is 138 Å². The van der Waals surface area contributed by atoms with Crippen LogP contribution in [0.1, 0.15) is 18.9 Å². The van der Waals surface area contributed by atoms with Crippen LogP contribution in [-0.4, -0.2) is 32.1 Å². The molecule has 0 aromatic carbocycles. The summed E-state index contributed by atoms with van der Waals surface area (Å²) in [6.45, 7) is 1.73. The number of carbonyl (C=O) groups excluding carboxylic acids is 1. The Morgan fingerprint density at radius 2 is 2.28 bits per heavy atom. The summed E-state index contributed by atoms with van der Waals surface area (Å²) in [5.41, 5.74) is 8.49. The largest absolute Gasteiger partial charge is 0.393 e. The van der Waals surface area contributed by atoms with Gasteiger partial charge in [0.25, 0.3) is 0 Å². The molecule has 8 nitrogen and oxygen atoms in total. The molecule has 1 amide bonds. The van der Waals surface area contributed by atoms with Gasteiger partial charge in [-0.3, -0.25) is 9.78 Å². The Morgan fingerprint density at radius 3 is 3.00 bits per heavy atom. The van der Waals surface area contributed by atoms with E-state index >= 15 is 0 Å². The Bertz CT molecular complexity index is 1140. The van der Waals surface area contributed by atoms with Gasteiger partial charge in [0.15, 0.2) is 0 Å². The summed E-state index contributed by atoms with van der Waals surface area (Å²) in [6, 6.07) is 7.56. The molecule has 3 aromatic heterocycles. The normalized spacial score (nSPS) is 18.8. The van der Waals surface area contributed by atoms with E-state index in [4.69, 9.17) is 11.0 Å². The minimum atomic E-state index is -0.500. The number of aromatic nitrogens is 3. The molecule has 0 saturated heterocycles. The van der Waals surface area contributed by atoms with Crippen LogP contribution in [0.4, 0.5) is 11.6 Å². The zero-order valence-corrected chi connectivity index (χ0v) is 15.8. The van der Waals surface area contributed by atoms with Crippen LogP contribution in [0.2, 0.25) is 0 Å². The van der Waals surface area contributed by atoms with E-state index in [-0.39, 0.29) is 17.7 Å². The van der Waals surface area contributed by atoms with Gasteiger partial charge in [-0.2, -0.15) is 5.26 Å². The molecule has 1 unspecified atom stereocenters. The zero-order chi connectivity index (χ0) is 20.5. The van der Waals surface area contributed by atoms with Crippen LogP contribution in [0, 0.1) is 23.2 Å². The van der Waals surface area contributed by atoms with Crippen LogP contribution < -0.4 is 11.1 Å². The summed E-state index contributed by atoms with van der Waals surface area (Å²) in [7, 11) is 0. The number of hydrogen-bond donors (Lipinski definition) is 3. The third-order valence-corrected chi connectivity index (χ3v) is 4.99. The molecule has 0 spiro atoms. The van der Waals surface area contributed by atoms with Crippen molar-refractivity contribution in [1.29, 1.82) is 5.26 Å². The van der Waals surface area contributed by atoms with Crippen molar-refractivity contribution >= 4 is 28.3 Å². The Balaban J connectivity index is 1.69. The van der Waals surface area contributed by atoms with Gasteiger partial charge in [0.05, 0.1) is 29.7 Å².